The van der Waals surface area contributed by atoms with Gasteiger partial charge in [-0.3, -0.25) is 4.79 Å². The lowest BCUT2D eigenvalue weighted by Gasteiger charge is -1.94. The van der Waals surface area contributed by atoms with Crippen LogP contribution in [0.15, 0.2) is 17.1 Å². The van der Waals surface area contributed by atoms with Crippen LogP contribution in [0.4, 0.5) is 0 Å². The van der Waals surface area contributed by atoms with Gasteiger partial charge in [0.2, 0.25) is 0 Å². The molecule has 0 unspecified atom stereocenters. The van der Waals surface area contributed by atoms with Crippen LogP contribution in [0, 0.1) is 5.92 Å². The Morgan fingerprint density at radius 1 is 1.64 bits per heavy atom. The third kappa shape index (κ3) is 1.67. The Labute approximate surface area is 64.5 Å². The Balaban J connectivity index is 2.16. The fourth-order valence-electron chi connectivity index (χ4n) is 1.11. The molecule has 1 saturated carbocycles. The number of rotatable bonds is 2. The van der Waals surface area contributed by atoms with E-state index in [1.165, 1.54) is 18.9 Å². The molecule has 11 heavy (non-hydrogen) atoms. The summed E-state index contributed by atoms with van der Waals surface area (Å²) in [6, 6.07) is 1.44. The lowest BCUT2D eigenvalue weighted by atomic mass is 10.3. The molecule has 0 amide bonds. The van der Waals surface area contributed by atoms with Crippen LogP contribution in [0.2, 0.25) is 0 Å². The van der Waals surface area contributed by atoms with Gasteiger partial charge < -0.3 is 4.98 Å². The molecule has 2 rings (SSSR count). The monoisotopic (exact) mass is 150 g/mol. The van der Waals surface area contributed by atoms with E-state index in [4.69, 9.17) is 0 Å². The number of nitrogens with one attached hydrogen (secondary N) is 1. The van der Waals surface area contributed by atoms with Crippen molar-refractivity contribution in [1.29, 1.82) is 0 Å². The molecule has 0 spiro atoms. The molecule has 3 nitrogen and oxygen atoms in total. The molecule has 3 heteroatoms. The first-order valence-corrected chi connectivity index (χ1v) is 3.89. The van der Waals surface area contributed by atoms with E-state index in [1.807, 2.05) is 0 Å². The summed E-state index contributed by atoms with van der Waals surface area (Å²) in [6.07, 6.45) is 5.09. The van der Waals surface area contributed by atoms with Gasteiger partial charge in [0, 0.05) is 18.7 Å². The zero-order valence-corrected chi connectivity index (χ0v) is 6.21. The average Bonchev–Trinajstić information content (AvgIpc) is 2.71. The van der Waals surface area contributed by atoms with Gasteiger partial charge in [-0.15, -0.1) is 0 Å². The topological polar surface area (TPSA) is 45.8 Å². The molecule has 0 saturated heterocycles. The van der Waals surface area contributed by atoms with Crippen molar-refractivity contribution in [2.75, 3.05) is 0 Å². The van der Waals surface area contributed by atoms with Crippen LogP contribution < -0.4 is 5.56 Å². The van der Waals surface area contributed by atoms with E-state index in [1.54, 1.807) is 6.20 Å². The Bertz CT molecular complexity index is 301. The normalized spacial score (nSPS) is 16.7. The maximum absolute atomic E-state index is 10.8. The lowest BCUT2D eigenvalue weighted by molar-refractivity contribution is 0.763. The highest BCUT2D eigenvalue weighted by molar-refractivity contribution is 4.93. The molecule has 0 radical (unpaired) electrons. The predicted molar refractivity (Wildman–Crippen MR) is 41.3 cm³/mol. The van der Waals surface area contributed by atoms with E-state index in [2.05, 4.69) is 9.97 Å². The van der Waals surface area contributed by atoms with Crippen molar-refractivity contribution in [3.05, 3.63) is 28.4 Å². The van der Waals surface area contributed by atoms with Crippen LogP contribution in [-0.4, -0.2) is 9.97 Å². The van der Waals surface area contributed by atoms with Crippen molar-refractivity contribution < 1.29 is 0 Å². The molecule has 0 bridgehead atoms. The molecule has 1 aliphatic carbocycles. The van der Waals surface area contributed by atoms with Crippen molar-refractivity contribution in [2.45, 2.75) is 19.3 Å². The minimum absolute atomic E-state index is 0.0457. The molecule has 0 aromatic carbocycles. The quantitative estimate of drug-likeness (QED) is 0.675. The number of nitrogens with zero attached hydrogens (tertiary/aromatic N) is 1. The van der Waals surface area contributed by atoms with E-state index in [0.29, 0.717) is 0 Å². The molecule has 1 aliphatic rings. The van der Waals surface area contributed by atoms with Gasteiger partial charge in [-0.05, 0) is 18.8 Å². The molecular weight excluding hydrogens is 140 g/mol. The van der Waals surface area contributed by atoms with Gasteiger partial charge >= 0.3 is 0 Å². The van der Waals surface area contributed by atoms with Gasteiger partial charge in [-0.2, -0.15) is 0 Å². The van der Waals surface area contributed by atoms with Crippen molar-refractivity contribution in [3.8, 4) is 0 Å². The van der Waals surface area contributed by atoms with Gasteiger partial charge in [0.1, 0.15) is 5.82 Å². The molecule has 1 fully saturated rings. The summed E-state index contributed by atoms with van der Waals surface area (Å²) in [5.41, 5.74) is -0.0457. The summed E-state index contributed by atoms with van der Waals surface area (Å²) in [7, 11) is 0. The molecule has 1 aromatic heterocycles. The number of H-pyrrole nitrogens is 1. The zero-order chi connectivity index (χ0) is 7.68. The fourth-order valence-corrected chi connectivity index (χ4v) is 1.11. The summed E-state index contributed by atoms with van der Waals surface area (Å²) in [6.45, 7) is 0. The van der Waals surface area contributed by atoms with Crippen LogP contribution in [-0.2, 0) is 6.42 Å². The third-order valence-electron chi connectivity index (χ3n) is 1.90. The Hall–Kier alpha value is -1.12. The molecular formula is C8H10N2O. The highest BCUT2D eigenvalue weighted by Crippen LogP contribution is 2.31. The van der Waals surface area contributed by atoms with Crippen LogP contribution in [0.25, 0.3) is 0 Å². The minimum atomic E-state index is -0.0457. The highest BCUT2D eigenvalue weighted by atomic mass is 16.1. The number of aromatic nitrogens is 2. The standard InChI is InChI=1S/C8H10N2O/c11-8-3-4-9-7(10-8)5-6-1-2-6/h3-4,6H,1-2,5H2,(H,9,10,11). The summed E-state index contributed by atoms with van der Waals surface area (Å²) >= 11 is 0. The Morgan fingerprint density at radius 3 is 3.09 bits per heavy atom. The smallest absolute Gasteiger partial charge is 0.250 e. The predicted octanol–water partition coefficient (Wildman–Crippen LogP) is 0.722. The maximum atomic E-state index is 10.8. The molecule has 58 valence electrons. The number of aromatic amines is 1. The highest BCUT2D eigenvalue weighted by Gasteiger charge is 2.22. The van der Waals surface area contributed by atoms with Crippen molar-refractivity contribution >= 4 is 0 Å². The second kappa shape index (κ2) is 2.49. The van der Waals surface area contributed by atoms with Crippen molar-refractivity contribution in [1.82, 2.24) is 9.97 Å². The van der Waals surface area contributed by atoms with Crippen LogP contribution in [0.3, 0.4) is 0 Å². The van der Waals surface area contributed by atoms with E-state index in [-0.39, 0.29) is 5.56 Å². The number of hydrogen-bond donors (Lipinski definition) is 1. The van der Waals surface area contributed by atoms with Gasteiger partial charge in [0.05, 0.1) is 0 Å². The maximum Gasteiger partial charge on any atom is 0.250 e. The molecule has 1 aromatic rings. The van der Waals surface area contributed by atoms with Gasteiger partial charge in [0.15, 0.2) is 0 Å². The Morgan fingerprint density at radius 2 is 2.45 bits per heavy atom. The molecule has 0 aliphatic heterocycles. The van der Waals surface area contributed by atoms with Crippen LogP contribution in [0.5, 0.6) is 0 Å². The second-order valence-corrected chi connectivity index (χ2v) is 3.03. The lowest BCUT2D eigenvalue weighted by Crippen LogP contribution is -2.09. The van der Waals surface area contributed by atoms with Crippen molar-refractivity contribution in [2.24, 2.45) is 5.92 Å². The largest absolute Gasteiger partial charge is 0.311 e. The van der Waals surface area contributed by atoms with Crippen LogP contribution in [0.1, 0.15) is 18.7 Å². The van der Waals surface area contributed by atoms with Crippen LogP contribution >= 0.6 is 0 Å². The summed E-state index contributed by atoms with van der Waals surface area (Å²) in [4.78, 5) is 17.6. The number of hydrogen-bond acceptors (Lipinski definition) is 2. The third-order valence-corrected chi connectivity index (χ3v) is 1.90. The molecule has 1 heterocycles. The van der Waals surface area contributed by atoms with E-state index < -0.39 is 0 Å². The van der Waals surface area contributed by atoms with Gasteiger partial charge in [-0.25, -0.2) is 4.98 Å². The van der Waals surface area contributed by atoms with Gasteiger partial charge in [0.25, 0.3) is 5.56 Å². The minimum Gasteiger partial charge on any atom is -0.311 e. The van der Waals surface area contributed by atoms with E-state index in [0.717, 1.165) is 18.2 Å². The first kappa shape index (κ1) is 6.58. The zero-order valence-electron chi connectivity index (χ0n) is 6.21. The van der Waals surface area contributed by atoms with Crippen molar-refractivity contribution in [3.63, 3.8) is 0 Å². The summed E-state index contributed by atoms with van der Waals surface area (Å²) in [5.74, 6) is 1.61. The van der Waals surface area contributed by atoms with Gasteiger partial charge in [-0.1, -0.05) is 0 Å². The average molecular weight is 150 g/mol. The summed E-state index contributed by atoms with van der Waals surface area (Å²) in [5, 5.41) is 0. The first-order chi connectivity index (χ1) is 5.34. The molecule has 1 N–H and O–H groups in total. The van der Waals surface area contributed by atoms with E-state index >= 15 is 0 Å². The second-order valence-electron chi connectivity index (χ2n) is 3.03. The summed E-state index contributed by atoms with van der Waals surface area (Å²) < 4.78 is 0. The molecule has 0 atom stereocenters. The fraction of sp³-hybridized carbons (Fsp3) is 0.500. The Kier molecular flexibility index (Phi) is 1.49. The van der Waals surface area contributed by atoms with E-state index in [9.17, 15) is 4.79 Å². The first-order valence-electron chi connectivity index (χ1n) is 3.89. The SMILES string of the molecule is O=c1ccnc(CC2CC2)[nH]1.